The van der Waals surface area contributed by atoms with Crippen molar-refractivity contribution in [1.82, 2.24) is 0 Å². The third kappa shape index (κ3) is 5.53. The first-order valence-corrected chi connectivity index (χ1v) is 11.0. The molecule has 160 valence electrons. The minimum Gasteiger partial charge on any atom is -0.508 e. The first-order valence-electron chi connectivity index (χ1n) is 11.0. The Kier molecular flexibility index (Phi) is 8.29. The van der Waals surface area contributed by atoms with Crippen LogP contribution in [0.5, 0.6) is 0 Å². The summed E-state index contributed by atoms with van der Waals surface area (Å²) in [5.41, 5.74) is 9.68. The van der Waals surface area contributed by atoms with Crippen LogP contribution >= 0.6 is 0 Å². The summed E-state index contributed by atoms with van der Waals surface area (Å²) in [5, 5.41) is 9.93. The van der Waals surface area contributed by atoms with Gasteiger partial charge in [-0.2, -0.15) is 0 Å². The molecule has 2 unspecified atom stereocenters. The minimum absolute atomic E-state index is 0.0728. The molecule has 2 rings (SSSR count). The second kappa shape index (κ2) is 10.5. The van der Waals surface area contributed by atoms with E-state index < -0.39 is 0 Å². The molecule has 0 spiro atoms. The molecular weight excluding hydrogens is 364 g/mol. The first-order chi connectivity index (χ1) is 14.2. The standard InChI is InChI=1S/C29H38O/c1-9-11-12-19(3)28-18-26-15-21(5)22(6)17-29(26)25(14-13-20(28)4)16-23(7)27(10-2)24(8)30/h9-12,15-17,20,28,30H,7-8,13-14,18H2,1-6H3/b11-9-,19-12+,25-16+,27-10+. The van der Waals surface area contributed by atoms with E-state index in [2.05, 4.69) is 84.2 Å². The van der Waals surface area contributed by atoms with Crippen LogP contribution in [0.15, 0.2) is 78.1 Å². The summed E-state index contributed by atoms with van der Waals surface area (Å²) in [6.07, 6.45) is 13.7. The molecule has 1 aromatic carbocycles. The van der Waals surface area contributed by atoms with E-state index in [-0.39, 0.29) is 5.76 Å². The van der Waals surface area contributed by atoms with Crippen molar-refractivity contribution in [2.45, 2.75) is 60.8 Å². The predicted molar refractivity (Wildman–Crippen MR) is 133 cm³/mol. The number of allylic oxidation sites excluding steroid dienone is 8. The Morgan fingerprint density at radius 3 is 2.40 bits per heavy atom. The van der Waals surface area contributed by atoms with Gasteiger partial charge in [0.05, 0.1) is 0 Å². The molecule has 0 heterocycles. The van der Waals surface area contributed by atoms with Gasteiger partial charge in [-0.15, -0.1) is 0 Å². The minimum atomic E-state index is 0.0728. The number of aliphatic hydroxyl groups excluding tert-OH is 1. The van der Waals surface area contributed by atoms with Crippen LogP contribution in [0.2, 0.25) is 0 Å². The Balaban J connectivity index is 2.59. The fourth-order valence-corrected chi connectivity index (χ4v) is 4.46. The zero-order valence-corrected chi connectivity index (χ0v) is 19.7. The van der Waals surface area contributed by atoms with Gasteiger partial charge in [0.2, 0.25) is 0 Å². The third-order valence-corrected chi connectivity index (χ3v) is 6.49. The number of hydrogen-bond donors (Lipinski definition) is 1. The summed E-state index contributed by atoms with van der Waals surface area (Å²) in [6.45, 7) is 20.9. The van der Waals surface area contributed by atoms with Crippen molar-refractivity contribution in [3.05, 3.63) is 100 Å². The summed E-state index contributed by atoms with van der Waals surface area (Å²) < 4.78 is 0. The van der Waals surface area contributed by atoms with Gasteiger partial charge in [-0.3, -0.25) is 0 Å². The van der Waals surface area contributed by atoms with Crippen molar-refractivity contribution >= 4 is 5.57 Å². The summed E-state index contributed by atoms with van der Waals surface area (Å²) in [4.78, 5) is 0. The second-order valence-corrected chi connectivity index (χ2v) is 8.70. The molecule has 0 radical (unpaired) electrons. The Labute approximate surface area is 183 Å². The molecular formula is C29H38O. The summed E-state index contributed by atoms with van der Waals surface area (Å²) >= 11 is 0. The maximum atomic E-state index is 9.93. The Hall–Kier alpha value is -2.54. The maximum Gasteiger partial charge on any atom is 0.115 e. The average Bonchev–Trinajstić information content (AvgIpc) is 2.68. The van der Waals surface area contributed by atoms with Gasteiger partial charge in [0.1, 0.15) is 5.76 Å². The number of hydrogen-bond acceptors (Lipinski definition) is 1. The van der Waals surface area contributed by atoms with E-state index in [0.29, 0.717) is 17.4 Å². The van der Waals surface area contributed by atoms with E-state index in [1.807, 2.05) is 13.0 Å². The summed E-state index contributed by atoms with van der Waals surface area (Å²) in [7, 11) is 0. The van der Waals surface area contributed by atoms with Crippen LogP contribution in [-0.4, -0.2) is 5.11 Å². The molecule has 2 atom stereocenters. The lowest BCUT2D eigenvalue weighted by Gasteiger charge is -2.30. The van der Waals surface area contributed by atoms with Crippen molar-refractivity contribution < 1.29 is 5.11 Å². The maximum absolute atomic E-state index is 9.93. The van der Waals surface area contributed by atoms with Crippen molar-refractivity contribution in [2.24, 2.45) is 11.8 Å². The number of aliphatic hydroxyl groups is 1. The van der Waals surface area contributed by atoms with Crippen LogP contribution in [0.1, 0.15) is 62.8 Å². The van der Waals surface area contributed by atoms with E-state index in [4.69, 9.17) is 0 Å². The van der Waals surface area contributed by atoms with Gasteiger partial charge in [-0.1, -0.05) is 68.2 Å². The highest BCUT2D eigenvalue weighted by atomic mass is 16.3. The normalized spacial score (nSPS) is 22.0. The van der Waals surface area contributed by atoms with E-state index in [9.17, 15) is 5.11 Å². The molecule has 1 aliphatic carbocycles. The van der Waals surface area contributed by atoms with Crippen LogP contribution in [0.4, 0.5) is 0 Å². The molecule has 1 aliphatic rings. The largest absolute Gasteiger partial charge is 0.508 e. The van der Waals surface area contributed by atoms with E-state index >= 15 is 0 Å². The van der Waals surface area contributed by atoms with Gasteiger partial charge in [-0.25, -0.2) is 0 Å². The van der Waals surface area contributed by atoms with Crippen LogP contribution in [0.3, 0.4) is 0 Å². The molecule has 1 aromatic rings. The number of rotatable bonds is 5. The topological polar surface area (TPSA) is 20.2 Å². The molecule has 0 bridgehead atoms. The molecule has 0 aliphatic heterocycles. The Bertz CT molecular complexity index is 933. The Morgan fingerprint density at radius 1 is 1.13 bits per heavy atom. The summed E-state index contributed by atoms with van der Waals surface area (Å²) in [5.74, 6) is 1.20. The molecule has 1 heteroatoms. The highest BCUT2D eigenvalue weighted by molar-refractivity contribution is 5.74. The third-order valence-electron chi connectivity index (χ3n) is 6.49. The highest BCUT2D eigenvalue weighted by Crippen LogP contribution is 2.39. The smallest absolute Gasteiger partial charge is 0.115 e. The van der Waals surface area contributed by atoms with Gasteiger partial charge in [0.25, 0.3) is 0 Å². The van der Waals surface area contributed by atoms with Crippen molar-refractivity contribution in [2.75, 3.05) is 0 Å². The van der Waals surface area contributed by atoms with Crippen molar-refractivity contribution in [3.63, 3.8) is 0 Å². The monoisotopic (exact) mass is 402 g/mol. The van der Waals surface area contributed by atoms with Crippen molar-refractivity contribution in [3.8, 4) is 0 Å². The van der Waals surface area contributed by atoms with E-state index in [1.165, 1.54) is 33.4 Å². The molecule has 0 saturated carbocycles. The number of aryl methyl sites for hydroxylation is 2. The fourth-order valence-electron chi connectivity index (χ4n) is 4.46. The molecule has 0 aromatic heterocycles. The van der Waals surface area contributed by atoms with E-state index in [0.717, 1.165) is 24.8 Å². The number of benzene rings is 1. The van der Waals surface area contributed by atoms with Gasteiger partial charge in [-0.05, 0) is 99.1 Å². The van der Waals surface area contributed by atoms with Crippen LogP contribution in [-0.2, 0) is 6.42 Å². The van der Waals surface area contributed by atoms with Crippen molar-refractivity contribution in [1.29, 1.82) is 0 Å². The summed E-state index contributed by atoms with van der Waals surface area (Å²) in [6, 6.07) is 4.71. The van der Waals surface area contributed by atoms with Crippen LogP contribution in [0, 0.1) is 25.7 Å². The molecule has 0 saturated heterocycles. The highest BCUT2D eigenvalue weighted by Gasteiger charge is 2.25. The lowest BCUT2D eigenvalue weighted by atomic mass is 9.74. The fraction of sp³-hybridized carbons (Fsp3) is 0.379. The lowest BCUT2D eigenvalue weighted by Crippen LogP contribution is -2.19. The predicted octanol–water partition coefficient (Wildman–Crippen LogP) is 8.37. The molecule has 1 nitrogen and oxygen atoms in total. The molecule has 0 amide bonds. The molecule has 0 fully saturated rings. The van der Waals surface area contributed by atoms with Crippen LogP contribution < -0.4 is 0 Å². The SMILES string of the molecule is C=C(O)/C(=C/C)C(=C)/C=C1\CCC(C)C(/C(C)=C/C=C\C)Cc2cc(C)c(C)cc21. The quantitative estimate of drug-likeness (QED) is 0.387. The number of fused-ring (bicyclic) bond motifs is 1. The second-order valence-electron chi connectivity index (χ2n) is 8.70. The van der Waals surface area contributed by atoms with Gasteiger partial charge in [0, 0.05) is 5.57 Å². The van der Waals surface area contributed by atoms with E-state index in [1.54, 1.807) is 0 Å². The van der Waals surface area contributed by atoms with Gasteiger partial charge in [0.15, 0.2) is 0 Å². The average molecular weight is 403 g/mol. The molecule has 1 N–H and O–H groups in total. The van der Waals surface area contributed by atoms with Gasteiger partial charge < -0.3 is 5.11 Å². The molecule has 30 heavy (non-hydrogen) atoms. The zero-order chi connectivity index (χ0) is 22.4. The lowest BCUT2D eigenvalue weighted by molar-refractivity contribution is 0.381. The Morgan fingerprint density at radius 2 is 1.80 bits per heavy atom. The zero-order valence-electron chi connectivity index (χ0n) is 19.7. The van der Waals surface area contributed by atoms with Gasteiger partial charge >= 0.3 is 0 Å². The first kappa shape index (κ1) is 23.7. The van der Waals surface area contributed by atoms with Crippen LogP contribution in [0.25, 0.3) is 5.57 Å².